The molecule has 7 nitrogen and oxygen atoms in total. The lowest BCUT2D eigenvalue weighted by atomic mass is 10.0. The summed E-state index contributed by atoms with van der Waals surface area (Å²) >= 11 is 0. The first-order valence-electron chi connectivity index (χ1n) is 8.54. The zero-order valence-corrected chi connectivity index (χ0v) is 17.0. The zero-order chi connectivity index (χ0) is 17.8. The fourth-order valence-corrected chi connectivity index (χ4v) is 3.04. The molecular weight excluding hydrogens is 455 g/mol. The van der Waals surface area contributed by atoms with Gasteiger partial charge >= 0.3 is 0 Å². The summed E-state index contributed by atoms with van der Waals surface area (Å²) in [6.07, 6.45) is 2.52. The minimum atomic E-state index is 0. The first-order chi connectivity index (χ1) is 12.8. The Morgan fingerprint density at radius 3 is 2.81 bits per heavy atom. The molecule has 0 bridgehead atoms. The lowest BCUT2D eigenvalue weighted by Gasteiger charge is -2.26. The molecule has 1 unspecified atom stereocenters. The maximum absolute atomic E-state index is 6.11. The van der Waals surface area contributed by atoms with Crippen LogP contribution in [0.4, 0.5) is 0 Å². The number of ether oxygens (including phenoxy) is 1. The number of benzene rings is 2. The number of hydrogen-bond donors (Lipinski definition) is 2. The van der Waals surface area contributed by atoms with Crippen molar-refractivity contribution in [3.63, 3.8) is 0 Å². The van der Waals surface area contributed by atoms with E-state index in [0.29, 0.717) is 19.1 Å². The van der Waals surface area contributed by atoms with Crippen LogP contribution in [0.1, 0.15) is 23.9 Å². The van der Waals surface area contributed by atoms with Crippen LogP contribution in [0.5, 0.6) is 5.75 Å². The molecule has 4 rings (SSSR count). The first kappa shape index (κ1) is 19.2. The summed E-state index contributed by atoms with van der Waals surface area (Å²) < 4.78 is 7.58. The van der Waals surface area contributed by atoms with Gasteiger partial charge in [-0.25, -0.2) is 4.99 Å². The molecule has 0 radical (unpaired) electrons. The SMILES string of the molecule is I.NC(=NCc1nncn1-c1ccccc1)NC1CCOc2ccccc21. The highest BCUT2D eigenvalue weighted by molar-refractivity contribution is 14.0. The number of para-hydroxylation sites is 2. The largest absolute Gasteiger partial charge is 0.493 e. The topological polar surface area (TPSA) is 90.4 Å². The maximum atomic E-state index is 6.11. The number of halogens is 1. The number of nitrogens with one attached hydrogen (secondary N) is 1. The predicted octanol–water partition coefficient (Wildman–Crippen LogP) is 2.81. The lowest BCUT2D eigenvalue weighted by molar-refractivity contribution is 0.262. The van der Waals surface area contributed by atoms with Crippen molar-refractivity contribution in [3.05, 3.63) is 72.3 Å². The van der Waals surface area contributed by atoms with Crippen LogP contribution in [0, 0.1) is 0 Å². The molecule has 0 saturated heterocycles. The molecule has 2 heterocycles. The van der Waals surface area contributed by atoms with Crippen LogP contribution < -0.4 is 15.8 Å². The number of fused-ring (bicyclic) bond motifs is 1. The average Bonchev–Trinajstić information content (AvgIpc) is 3.16. The van der Waals surface area contributed by atoms with Crippen molar-refractivity contribution in [1.82, 2.24) is 20.1 Å². The summed E-state index contributed by atoms with van der Waals surface area (Å²) in [5.74, 6) is 2.01. The predicted molar refractivity (Wildman–Crippen MR) is 115 cm³/mol. The Kier molecular flexibility index (Phi) is 6.28. The Hall–Kier alpha value is -2.62. The van der Waals surface area contributed by atoms with E-state index in [9.17, 15) is 0 Å². The van der Waals surface area contributed by atoms with Gasteiger partial charge in [0.15, 0.2) is 11.8 Å². The molecule has 0 amide bonds. The zero-order valence-electron chi connectivity index (χ0n) is 14.7. The van der Waals surface area contributed by atoms with E-state index >= 15 is 0 Å². The minimum absolute atomic E-state index is 0. The fourth-order valence-electron chi connectivity index (χ4n) is 3.04. The van der Waals surface area contributed by atoms with E-state index in [1.165, 1.54) is 0 Å². The third kappa shape index (κ3) is 4.38. The number of aromatic nitrogens is 3. The molecule has 27 heavy (non-hydrogen) atoms. The maximum Gasteiger partial charge on any atom is 0.189 e. The Labute approximate surface area is 174 Å². The van der Waals surface area contributed by atoms with Crippen LogP contribution in [-0.4, -0.2) is 27.3 Å². The minimum Gasteiger partial charge on any atom is -0.493 e. The summed E-state index contributed by atoms with van der Waals surface area (Å²) in [6, 6.07) is 18.0. The summed E-state index contributed by atoms with van der Waals surface area (Å²) in [7, 11) is 0. The van der Waals surface area contributed by atoms with Crippen LogP contribution in [0.3, 0.4) is 0 Å². The Bertz CT molecular complexity index is 911. The van der Waals surface area contributed by atoms with Crippen LogP contribution in [0.2, 0.25) is 0 Å². The second kappa shape index (κ2) is 8.85. The molecule has 0 spiro atoms. The van der Waals surface area contributed by atoms with E-state index in [2.05, 4.69) is 20.5 Å². The quantitative estimate of drug-likeness (QED) is 0.344. The van der Waals surface area contributed by atoms with Gasteiger partial charge < -0.3 is 15.8 Å². The van der Waals surface area contributed by atoms with Crippen molar-refractivity contribution in [2.45, 2.75) is 19.0 Å². The third-order valence-electron chi connectivity index (χ3n) is 4.32. The van der Waals surface area contributed by atoms with Crippen molar-refractivity contribution in [2.75, 3.05) is 6.61 Å². The summed E-state index contributed by atoms with van der Waals surface area (Å²) in [6.45, 7) is 1.00. The van der Waals surface area contributed by atoms with E-state index in [1.807, 2.05) is 59.2 Å². The molecule has 0 saturated carbocycles. The molecule has 1 atom stereocenters. The smallest absolute Gasteiger partial charge is 0.189 e. The number of rotatable bonds is 4. The number of nitrogens with zero attached hydrogens (tertiary/aromatic N) is 4. The van der Waals surface area contributed by atoms with Crippen LogP contribution >= 0.6 is 24.0 Å². The molecule has 1 aromatic heterocycles. The Morgan fingerprint density at radius 1 is 1.19 bits per heavy atom. The molecule has 1 aliphatic heterocycles. The van der Waals surface area contributed by atoms with Crippen molar-refractivity contribution in [1.29, 1.82) is 0 Å². The van der Waals surface area contributed by atoms with Gasteiger partial charge in [-0.15, -0.1) is 34.2 Å². The second-order valence-corrected chi connectivity index (χ2v) is 6.03. The highest BCUT2D eigenvalue weighted by Crippen LogP contribution is 2.31. The van der Waals surface area contributed by atoms with E-state index in [-0.39, 0.29) is 30.0 Å². The molecule has 140 valence electrons. The van der Waals surface area contributed by atoms with Gasteiger partial charge in [0.05, 0.1) is 12.6 Å². The fraction of sp³-hybridized carbons (Fsp3) is 0.211. The molecule has 8 heteroatoms. The highest BCUT2D eigenvalue weighted by Gasteiger charge is 2.21. The number of guanidine groups is 1. The number of hydrogen-bond acceptors (Lipinski definition) is 4. The van der Waals surface area contributed by atoms with Crippen LogP contribution in [0.15, 0.2) is 65.9 Å². The van der Waals surface area contributed by atoms with Gasteiger partial charge in [-0.3, -0.25) is 4.57 Å². The average molecular weight is 476 g/mol. The van der Waals surface area contributed by atoms with Crippen molar-refractivity contribution in [3.8, 4) is 11.4 Å². The molecule has 1 aliphatic rings. The lowest BCUT2D eigenvalue weighted by Crippen LogP contribution is -2.37. The van der Waals surface area contributed by atoms with Gasteiger partial charge in [0.25, 0.3) is 0 Å². The monoisotopic (exact) mass is 476 g/mol. The number of nitrogens with two attached hydrogens (primary N) is 1. The second-order valence-electron chi connectivity index (χ2n) is 6.03. The summed E-state index contributed by atoms with van der Waals surface area (Å²) in [5, 5.41) is 11.4. The summed E-state index contributed by atoms with van der Waals surface area (Å²) in [5.41, 5.74) is 8.20. The van der Waals surface area contributed by atoms with Gasteiger partial charge in [-0.1, -0.05) is 36.4 Å². The highest BCUT2D eigenvalue weighted by atomic mass is 127. The van der Waals surface area contributed by atoms with Gasteiger partial charge in [0.2, 0.25) is 0 Å². The molecule has 3 aromatic rings. The normalized spacial score (nSPS) is 16.0. The number of aliphatic imine (C=N–C) groups is 1. The van der Waals surface area contributed by atoms with E-state index in [1.54, 1.807) is 6.33 Å². The molecule has 2 aromatic carbocycles. The molecule has 0 aliphatic carbocycles. The van der Waals surface area contributed by atoms with E-state index in [0.717, 1.165) is 29.2 Å². The van der Waals surface area contributed by atoms with Crippen molar-refractivity contribution >= 4 is 29.9 Å². The summed E-state index contributed by atoms with van der Waals surface area (Å²) in [4.78, 5) is 4.44. The van der Waals surface area contributed by atoms with E-state index < -0.39 is 0 Å². The standard InChI is InChI=1S/C19H20N6O.HI/c20-19(23-16-10-11-26-17-9-5-4-8-15(16)17)21-12-18-24-22-13-25(18)14-6-2-1-3-7-14;/h1-9,13,16H,10-12H2,(H3,20,21,23);1H. The van der Waals surface area contributed by atoms with Gasteiger partial charge in [-0.2, -0.15) is 0 Å². The Balaban J connectivity index is 0.00000210. The van der Waals surface area contributed by atoms with Crippen LogP contribution in [0.25, 0.3) is 5.69 Å². The third-order valence-corrected chi connectivity index (χ3v) is 4.32. The molecular formula is C19H21IN6O. The molecule has 0 fully saturated rings. The first-order valence-corrected chi connectivity index (χ1v) is 8.54. The van der Waals surface area contributed by atoms with Crippen molar-refractivity contribution < 1.29 is 4.74 Å². The van der Waals surface area contributed by atoms with Gasteiger partial charge in [0.1, 0.15) is 18.6 Å². The van der Waals surface area contributed by atoms with Gasteiger partial charge in [0, 0.05) is 17.7 Å². The van der Waals surface area contributed by atoms with Crippen molar-refractivity contribution in [2.24, 2.45) is 10.7 Å². The Morgan fingerprint density at radius 2 is 1.96 bits per heavy atom. The van der Waals surface area contributed by atoms with Crippen LogP contribution in [-0.2, 0) is 6.54 Å². The van der Waals surface area contributed by atoms with E-state index in [4.69, 9.17) is 10.5 Å². The van der Waals surface area contributed by atoms with Gasteiger partial charge in [-0.05, 0) is 18.2 Å². The molecule has 3 N–H and O–H groups in total.